The molecule has 0 aromatic heterocycles. The maximum atomic E-state index is 14.0. The van der Waals surface area contributed by atoms with Crippen molar-refractivity contribution in [2.45, 2.75) is 52.6 Å². The Bertz CT molecular complexity index is 375. The van der Waals surface area contributed by atoms with Crippen molar-refractivity contribution in [3.63, 3.8) is 0 Å². The van der Waals surface area contributed by atoms with Gasteiger partial charge in [0, 0.05) is 30.9 Å². The fraction of sp³-hybridized carbons (Fsp3) is 0.625. The third-order valence-corrected chi connectivity index (χ3v) is 3.69. The van der Waals surface area contributed by atoms with E-state index < -0.39 is 0 Å². The molecule has 0 aliphatic heterocycles. The first-order valence-electron chi connectivity index (χ1n) is 7.36. The second-order valence-electron chi connectivity index (χ2n) is 5.00. The number of hydrogen-bond acceptors (Lipinski definition) is 2. The van der Waals surface area contributed by atoms with E-state index in [0.717, 1.165) is 37.1 Å². The highest BCUT2D eigenvalue weighted by atomic mass is 19.1. The summed E-state index contributed by atoms with van der Waals surface area (Å²) in [6.07, 6.45) is 3.21. The Morgan fingerprint density at radius 3 is 2.47 bits per heavy atom. The molecule has 1 aromatic carbocycles. The monoisotopic (exact) mass is 266 g/mol. The molecule has 1 N–H and O–H groups in total. The molecule has 0 aliphatic rings. The van der Waals surface area contributed by atoms with Crippen molar-refractivity contribution >= 4 is 5.69 Å². The topological polar surface area (TPSA) is 15.3 Å². The smallest absolute Gasteiger partial charge is 0.129 e. The highest BCUT2D eigenvalue weighted by Crippen LogP contribution is 2.25. The van der Waals surface area contributed by atoms with Gasteiger partial charge < -0.3 is 10.2 Å². The van der Waals surface area contributed by atoms with Crippen LogP contribution in [0.3, 0.4) is 0 Å². The lowest BCUT2D eigenvalue weighted by Crippen LogP contribution is -2.32. The Balaban J connectivity index is 2.95. The third-order valence-electron chi connectivity index (χ3n) is 3.69. The van der Waals surface area contributed by atoms with Crippen LogP contribution in [-0.4, -0.2) is 19.6 Å². The molecule has 0 unspecified atom stereocenters. The zero-order chi connectivity index (χ0) is 14.3. The summed E-state index contributed by atoms with van der Waals surface area (Å²) in [4.78, 5) is 2.21. The molecule has 0 amide bonds. The molecule has 19 heavy (non-hydrogen) atoms. The summed E-state index contributed by atoms with van der Waals surface area (Å²) in [5, 5.41) is 3.30. The molecule has 0 atom stereocenters. The summed E-state index contributed by atoms with van der Waals surface area (Å²) in [7, 11) is 2.07. The van der Waals surface area contributed by atoms with E-state index in [0.29, 0.717) is 12.6 Å². The number of nitrogens with zero attached hydrogens (tertiary/aromatic N) is 1. The van der Waals surface area contributed by atoms with Crippen molar-refractivity contribution in [3.8, 4) is 0 Å². The second-order valence-corrected chi connectivity index (χ2v) is 5.00. The molecule has 1 aromatic rings. The zero-order valence-electron chi connectivity index (χ0n) is 12.7. The Kier molecular flexibility index (Phi) is 6.85. The van der Waals surface area contributed by atoms with E-state index in [4.69, 9.17) is 0 Å². The Labute approximate surface area is 117 Å². The van der Waals surface area contributed by atoms with E-state index in [2.05, 4.69) is 38.0 Å². The molecular weight excluding hydrogens is 239 g/mol. The lowest BCUT2D eigenvalue weighted by molar-refractivity contribution is 0.566. The van der Waals surface area contributed by atoms with Crippen LogP contribution in [0.4, 0.5) is 10.1 Å². The number of halogens is 1. The van der Waals surface area contributed by atoms with Crippen molar-refractivity contribution in [1.29, 1.82) is 0 Å². The van der Waals surface area contributed by atoms with Gasteiger partial charge in [-0.1, -0.05) is 26.8 Å². The molecule has 108 valence electrons. The van der Waals surface area contributed by atoms with Gasteiger partial charge in [0.1, 0.15) is 5.82 Å². The van der Waals surface area contributed by atoms with Crippen LogP contribution in [0.2, 0.25) is 0 Å². The highest BCUT2D eigenvalue weighted by molar-refractivity contribution is 5.54. The summed E-state index contributed by atoms with van der Waals surface area (Å²) in [5.41, 5.74) is 1.79. The van der Waals surface area contributed by atoms with E-state index in [1.165, 1.54) is 0 Å². The lowest BCUT2D eigenvalue weighted by atomic mass is 10.1. The van der Waals surface area contributed by atoms with Gasteiger partial charge in [0.25, 0.3) is 0 Å². The predicted octanol–water partition coefficient (Wildman–Crippen LogP) is 3.95. The van der Waals surface area contributed by atoms with Crippen LogP contribution in [0.25, 0.3) is 0 Å². The molecule has 0 heterocycles. The van der Waals surface area contributed by atoms with Crippen molar-refractivity contribution in [2.24, 2.45) is 0 Å². The maximum absolute atomic E-state index is 14.0. The third kappa shape index (κ3) is 4.20. The van der Waals surface area contributed by atoms with E-state index in [9.17, 15) is 4.39 Å². The largest absolute Gasteiger partial charge is 0.371 e. The van der Waals surface area contributed by atoms with Crippen LogP contribution in [0, 0.1) is 5.82 Å². The molecule has 0 fully saturated rings. The lowest BCUT2D eigenvalue weighted by Gasteiger charge is -2.30. The van der Waals surface area contributed by atoms with Crippen molar-refractivity contribution < 1.29 is 4.39 Å². The van der Waals surface area contributed by atoms with Crippen LogP contribution in [-0.2, 0) is 6.54 Å². The first kappa shape index (κ1) is 16.0. The standard InChI is InChI=1S/C16H27FN2/c1-5-11-18-12-14-15(17)9-8-10-16(14)19(4)13(6-2)7-3/h8-10,13,18H,5-7,11-12H2,1-4H3. The van der Waals surface area contributed by atoms with E-state index >= 15 is 0 Å². The Morgan fingerprint density at radius 1 is 1.21 bits per heavy atom. The molecule has 0 bridgehead atoms. The SMILES string of the molecule is CCCNCc1c(F)cccc1N(C)C(CC)CC. The van der Waals surface area contributed by atoms with Gasteiger partial charge in [-0.05, 0) is 37.9 Å². The summed E-state index contributed by atoms with van der Waals surface area (Å²) in [6, 6.07) is 5.83. The molecule has 2 nitrogen and oxygen atoms in total. The van der Waals surface area contributed by atoms with E-state index in [-0.39, 0.29) is 5.82 Å². The zero-order valence-corrected chi connectivity index (χ0v) is 12.7. The first-order chi connectivity index (χ1) is 9.15. The van der Waals surface area contributed by atoms with Crippen molar-refractivity contribution in [3.05, 3.63) is 29.6 Å². The number of rotatable bonds is 8. The van der Waals surface area contributed by atoms with Gasteiger partial charge in [0.05, 0.1) is 0 Å². The number of benzene rings is 1. The van der Waals surface area contributed by atoms with Gasteiger partial charge in [-0.2, -0.15) is 0 Å². The highest BCUT2D eigenvalue weighted by Gasteiger charge is 2.16. The average Bonchev–Trinajstić information content (AvgIpc) is 2.42. The van der Waals surface area contributed by atoms with Gasteiger partial charge in [-0.25, -0.2) is 4.39 Å². The minimum Gasteiger partial charge on any atom is -0.371 e. The Morgan fingerprint density at radius 2 is 1.89 bits per heavy atom. The molecule has 3 heteroatoms. The molecule has 0 spiro atoms. The molecule has 0 aliphatic carbocycles. The van der Waals surface area contributed by atoms with Gasteiger partial charge in [0.2, 0.25) is 0 Å². The molecule has 0 radical (unpaired) electrons. The van der Waals surface area contributed by atoms with E-state index in [1.807, 2.05) is 6.07 Å². The van der Waals surface area contributed by atoms with Crippen LogP contribution in [0.5, 0.6) is 0 Å². The second kappa shape index (κ2) is 8.16. The molecule has 0 saturated carbocycles. The number of hydrogen-bond donors (Lipinski definition) is 1. The average molecular weight is 266 g/mol. The number of anilines is 1. The van der Waals surface area contributed by atoms with Crippen molar-refractivity contribution in [2.75, 3.05) is 18.5 Å². The minimum atomic E-state index is -0.112. The fourth-order valence-corrected chi connectivity index (χ4v) is 2.48. The van der Waals surface area contributed by atoms with Crippen LogP contribution >= 0.6 is 0 Å². The fourth-order valence-electron chi connectivity index (χ4n) is 2.48. The molecule has 1 rings (SSSR count). The number of nitrogens with one attached hydrogen (secondary N) is 1. The molecular formula is C16H27FN2. The summed E-state index contributed by atoms with van der Waals surface area (Å²) >= 11 is 0. The van der Waals surface area contributed by atoms with Gasteiger partial charge in [-0.3, -0.25) is 0 Å². The normalized spacial score (nSPS) is 11.1. The van der Waals surface area contributed by atoms with Gasteiger partial charge >= 0.3 is 0 Å². The predicted molar refractivity (Wildman–Crippen MR) is 81.2 cm³/mol. The summed E-state index contributed by atoms with van der Waals surface area (Å²) in [6.45, 7) is 7.99. The Hall–Kier alpha value is -1.09. The van der Waals surface area contributed by atoms with E-state index in [1.54, 1.807) is 12.1 Å². The van der Waals surface area contributed by atoms with Crippen LogP contribution in [0.15, 0.2) is 18.2 Å². The van der Waals surface area contributed by atoms with Crippen molar-refractivity contribution in [1.82, 2.24) is 5.32 Å². The molecule has 0 saturated heterocycles. The quantitative estimate of drug-likeness (QED) is 0.717. The maximum Gasteiger partial charge on any atom is 0.129 e. The summed E-state index contributed by atoms with van der Waals surface area (Å²) < 4.78 is 14.0. The van der Waals surface area contributed by atoms with Gasteiger partial charge in [0.15, 0.2) is 0 Å². The van der Waals surface area contributed by atoms with Gasteiger partial charge in [-0.15, -0.1) is 0 Å². The minimum absolute atomic E-state index is 0.112. The first-order valence-corrected chi connectivity index (χ1v) is 7.36. The van der Waals surface area contributed by atoms with Crippen LogP contribution < -0.4 is 10.2 Å². The summed E-state index contributed by atoms with van der Waals surface area (Å²) in [5.74, 6) is -0.112. The van der Waals surface area contributed by atoms with Crippen LogP contribution in [0.1, 0.15) is 45.6 Å².